The second-order valence-corrected chi connectivity index (χ2v) is 7.53. The van der Waals surface area contributed by atoms with Crippen molar-refractivity contribution in [2.45, 2.75) is 6.54 Å². The van der Waals surface area contributed by atoms with Crippen molar-refractivity contribution in [1.82, 2.24) is 10.6 Å². The molecule has 176 valence electrons. The maximum Gasteiger partial charge on any atom is 0.335 e. The van der Waals surface area contributed by atoms with Crippen LogP contribution in [0.1, 0.15) is 31.8 Å². The summed E-state index contributed by atoms with van der Waals surface area (Å²) >= 11 is 0. The normalized spacial score (nSPS) is 13.0. The second-order valence-electron chi connectivity index (χ2n) is 7.53. The molecule has 0 radical (unpaired) electrons. The molecule has 4 N–H and O–H groups in total. The van der Waals surface area contributed by atoms with Gasteiger partial charge in [-0.3, -0.25) is 19.7 Å². The molecule has 0 saturated carbocycles. The molecule has 0 aliphatic carbocycles. The molecule has 3 amide bonds. The van der Waals surface area contributed by atoms with E-state index in [-0.39, 0.29) is 34.5 Å². The van der Waals surface area contributed by atoms with E-state index in [1.807, 2.05) is 0 Å². The van der Waals surface area contributed by atoms with Crippen molar-refractivity contribution in [3.63, 3.8) is 0 Å². The van der Waals surface area contributed by atoms with Crippen LogP contribution < -0.4 is 16.0 Å². The minimum atomic E-state index is -1.25. The molecule has 0 unspecified atom stereocenters. The number of benzene rings is 3. The highest BCUT2D eigenvalue weighted by atomic mass is 19.2. The Hall–Kier alpha value is -4.86. The molecular weight excluding hydrogens is 460 g/mol. The van der Waals surface area contributed by atoms with E-state index in [0.717, 1.165) is 6.07 Å². The Labute approximate surface area is 197 Å². The topological polar surface area (TPSA) is 125 Å². The maximum atomic E-state index is 14.3. The van der Waals surface area contributed by atoms with Crippen molar-refractivity contribution in [3.05, 3.63) is 106 Å². The van der Waals surface area contributed by atoms with Crippen LogP contribution in [0.4, 0.5) is 14.5 Å². The molecule has 0 saturated heterocycles. The van der Waals surface area contributed by atoms with E-state index in [1.54, 1.807) is 24.3 Å². The number of carbonyl (C=O) groups excluding carboxylic acids is 3. The number of carboxylic acid groups (broad SMARTS) is 1. The van der Waals surface area contributed by atoms with Gasteiger partial charge >= 0.3 is 5.97 Å². The fourth-order valence-electron chi connectivity index (χ4n) is 3.48. The molecule has 0 fully saturated rings. The molecule has 0 bridgehead atoms. The lowest BCUT2D eigenvalue weighted by molar-refractivity contribution is -0.123. The predicted molar refractivity (Wildman–Crippen MR) is 121 cm³/mol. The molecule has 1 heterocycles. The van der Waals surface area contributed by atoms with E-state index in [1.165, 1.54) is 36.4 Å². The number of carbonyl (C=O) groups is 4. The lowest BCUT2D eigenvalue weighted by Gasteiger charge is -2.11. The number of aromatic carboxylic acids is 1. The van der Waals surface area contributed by atoms with Crippen molar-refractivity contribution < 1.29 is 33.1 Å². The first-order valence-electron chi connectivity index (χ1n) is 10.3. The molecule has 1 aliphatic heterocycles. The number of nitrogens with one attached hydrogen (secondary N) is 3. The van der Waals surface area contributed by atoms with Gasteiger partial charge in [0.2, 0.25) is 0 Å². The zero-order valence-corrected chi connectivity index (χ0v) is 17.9. The van der Waals surface area contributed by atoms with Gasteiger partial charge in [-0.2, -0.15) is 0 Å². The summed E-state index contributed by atoms with van der Waals surface area (Å²) in [5.41, 5.74) is 0.424. The van der Waals surface area contributed by atoms with Crippen LogP contribution in [0.3, 0.4) is 0 Å². The largest absolute Gasteiger partial charge is 0.478 e. The third-order valence-electron chi connectivity index (χ3n) is 5.20. The molecule has 3 aromatic carbocycles. The Balaban J connectivity index is 1.52. The van der Waals surface area contributed by atoms with Crippen LogP contribution in [-0.4, -0.2) is 28.8 Å². The summed E-state index contributed by atoms with van der Waals surface area (Å²) in [6.45, 7) is 0.102. The maximum absolute atomic E-state index is 14.3. The van der Waals surface area contributed by atoms with Crippen molar-refractivity contribution in [3.8, 4) is 0 Å². The first kappa shape index (κ1) is 23.3. The first-order valence-corrected chi connectivity index (χ1v) is 10.3. The van der Waals surface area contributed by atoms with Gasteiger partial charge in [0.15, 0.2) is 11.6 Å². The van der Waals surface area contributed by atoms with Crippen LogP contribution >= 0.6 is 0 Å². The fourth-order valence-corrected chi connectivity index (χ4v) is 3.48. The van der Waals surface area contributed by atoms with Gasteiger partial charge in [0.25, 0.3) is 17.7 Å². The highest BCUT2D eigenvalue weighted by molar-refractivity contribution is 6.36. The Kier molecular flexibility index (Phi) is 6.36. The van der Waals surface area contributed by atoms with Gasteiger partial charge in [0, 0.05) is 23.4 Å². The van der Waals surface area contributed by atoms with Crippen LogP contribution in [0.25, 0.3) is 5.57 Å². The highest BCUT2D eigenvalue weighted by Crippen LogP contribution is 2.28. The first-order chi connectivity index (χ1) is 16.7. The van der Waals surface area contributed by atoms with Gasteiger partial charge in [-0.25, -0.2) is 13.6 Å². The number of halogens is 2. The van der Waals surface area contributed by atoms with Crippen LogP contribution in [0.2, 0.25) is 0 Å². The van der Waals surface area contributed by atoms with E-state index >= 15 is 0 Å². The van der Waals surface area contributed by atoms with E-state index < -0.39 is 35.3 Å². The van der Waals surface area contributed by atoms with Gasteiger partial charge in [0.05, 0.1) is 11.1 Å². The van der Waals surface area contributed by atoms with E-state index in [9.17, 15) is 28.0 Å². The number of rotatable bonds is 7. The molecule has 35 heavy (non-hydrogen) atoms. The standard InChI is InChI=1S/C25H17F2N3O5/c26-18-6-2-5-17(20(18)27)19-21(24(33)30-23(19)32)29-16-4-1-3-13(11-16)12-28-22(31)14-7-9-15(10-8-14)25(34)35/h1-11H,12H2,(H,28,31)(H,34,35)(H2,29,30,32,33). The van der Waals surface area contributed by atoms with Crippen LogP contribution in [-0.2, 0) is 16.1 Å². The van der Waals surface area contributed by atoms with Crippen molar-refractivity contribution >= 4 is 35.0 Å². The third kappa shape index (κ3) is 4.91. The summed E-state index contributed by atoms with van der Waals surface area (Å²) in [7, 11) is 0. The van der Waals surface area contributed by atoms with Gasteiger partial charge in [0.1, 0.15) is 5.70 Å². The van der Waals surface area contributed by atoms with E-state index in [0.29, 0.717) is 11.3 Å². The Morgan fingerprint density at radius 2 is 1.57 bits per heavy atom. The molecule has 0 spiro atoms. The van der Waals surface area contributed by atoms with Crippen LogP contribution in [0.15, 0.2) is 72.4 Å². The average Bonchev–Trinajstić information content (AvgIpc) is 3.12. The molecule has 4 rings (SSSR count). The Bertz CT molecular complexity index is 1400. The summed E-state index contributed by atoms with van der Waals surface area (Å²) < 4.78 is 28.0. The number of anilines is 1. The fraction of sp³-hybridized carbons (Fsp3) is 0.0400. The minimum Gasteiger partial charge on any atom is -0.478 e. The number of amides is 3. The van der Waals surface area contributed by atoms with Gasteiger partial charge in [-0.1, -0.05) is 24.3 Å². The van der Waals surface area contributed by atoms with E-state index in [2.05, 4.69) is 16.0 Å². The molecular formula is C25H17F2N3O5. The Morgan fingerprint density at radius 3 is 2.29 bits per heavy atom. The summed E-state index contributed by atoms with van der Waals surface area (Å²) in [4.78, 5) is 47.9. The monoisotopic (exact) mass is 477 g/mol. The zero-order valence-electron chi connectivity index (χ0n) is 17.9. The summed E-state index contributed by atoms with van der Waals surface area (Å²) in [6, 6.07) is 15.3. The summed E-state index contributed by atoms with van der Waals surface area (Å²) in [5.74, 6) is -5.59. The molecule has 8 nitrogen and oxygen atoms in total. The summed E-state index contributed by atoms with van der Waals surface area (Å²) in [5, 5.41) is 16.5. The highest BCUT2D eigenvalue weighted by Gasteiger charge is 2.33. The third-order valence-corrected chi connectivity index (χ3v) is 5.20. The van der Waals surface area contributed by atoms with Crippen LogP contribution in [0.5, 0.6) is 0 Å². The second kappa shape index (κ2) is 9.56. The Morgan fingerprint density at radius 1 is 0.886 bits per heavy atom. The number of hydrogen-bond acceptors (Lipinski definition) is 5. The minimum absolute atomic E-state index is 0.0570. The number of hydrogen-bond donors (Lipinski definition) is 4. The molecule has 10 heteroatoms. The van der Waals surface area contributed by atoms with Gasteiger partial charge in [-0.15, -0.1) is 0 Å². The zero-order chi connectivity index (χ0) is 25.1. The lowest BCUT2D eigenvalue weighted by atomic mass is 10.0. The van der Waals surface area contributed by atoms with Crippen LogP contribution in [0, 0.1) is 11.6 Å². The molecule has 0 atom stereocenters. The van der Waals surface area contributed by atoms with Crippen molar-refractivity contribution in [2.75, 3.05) is 5.32 Å². The van der Waals surface area contributed by atoms with Gasteiger partial charge in [-0.05, 0) is 48.0 Å². The SMILES string of the molecule is O=C1NC(=O)C(c2cccc(F)c2F)=C1Nc1cccc(CNC(=O)c2ccc(C(=O)O)cc2)c1. The van der Waals surface area contributed by atoms with Crippen molar-refractivity contribution in [2.24, 2.45) is 0 Å². The van der Waals surface area contributed by atoms with Crippen molar-refractivity contribution in [1.29, 1.82) is 0 Å². The number of imide groups is 1. The average molecular weight is 477 g/mol. The smallest absolute Gasteiger partial charge is 0.335 e. The van der Waals surface area contributed by atoms with Gasteiger partial charge < -0.3 is 15.7 Å². The quantitative estimate of drug-likeness (QED) is 0.388. The molecule has 3 aromatic rings. The predicted octanol–water partition coefficient (Wildman–Crippen LogP) is 3.07. The summed E-state index contributed by atoms with van der Waals surface area (Å²) in [6.07, 6.45) is 0. The lowest BCUT2D eigenvalue weighted by Crippen LogP contribution is -2.24. The molecule has 0 aromatic heterocycles. The number of carboxylic acids is 1. The van der Waals surface area contributed by atoms with E-state index in [4.69, 9.17) is 5.11 Å². The molecule has 1 aliphatic rings.